The van der Waals surface area contributed by atoms with Crippen molar-refractivity contribution < 1.29 is 9.18 Å². The largest absolute Gasteiger partial charge is 0.331 e. The number of fused-ring (bicyclic) bond motifs is 1. The van der Waals surface area contributed by atoms with Crippen LogP contribution in [0.5, 0.6) is 0 Å². The minimum atomic E-state index is -0.283. The second-order valence-electron chi connectivity index (χ2n) is 7.49. The van der Waals surface area contributed by atoms with E-state index in [2.05, 4.69) is 5.10 Å². The summed E-state index contributed by atoms with van der Waals surface area (Å²) in [6, 6.07) is 12.6. The molecule has 0 bridgehead atoms. The van der Waals surface area contributed by atoms with Gasteiger partial charge in [0.25, 0.3) is 5.91 Å². The third kappa shape index (κ3) is 3.39. The topological polar surface area (TPSA) is 51.0 Å². The van der Waals surface area contributed by atoms with Gasteiger partial charge >= 0.3 is 0 Å². The van der Waals surface area contributed by atoms with Gasteiger partial charge in [0.15, 0.2) is 5.65 Å². The highest BCUT2D eigenvalue weighted by atomic mass is 32.1. The molecule has 0 N–H and O–H groups in total. The molecule has 1 saturated carbocycles. The molecule has 0 unspecified atom stereocenters. The molecule has 0 aliphatic heterocycles. The van der Waals surface area contributed by atoms with E-state index < -0.39 is 0 Å². The normalized spacial score (nSPS) is 13.7. The first kappa shape index (κ1) is 18.9. The molecule has 0 radical (unpaired) electrons. The van der Waals surface area contributed by atoms with Crippen LogP contribution in [0.2, 0.25) is 0 Å². The van der Waals surface area contributed by atoms with Crippen LogP contribution >= 0.6 is 11.3 Å². The van der Waals surface area contributed by atoms with E-state index in [4.69, 9.17) is 4.98 Å². The second-order valence-corrected chi connectivity index (χ2v) is 8.43. The molecule has 1 fully saturated rings. The fraction of sp³-hybridized carbons (Fsp3) is 0.261. The number of carbonyl (C=O) groups is 1. The van der Waals surface area contributed by atoms with E-state index in [1.54, 1.807) is 40.6 Å². The summed E-state index contributed by atoms with van der Waals surface area (Å²) in [5.74, 6) is -0.379. The van der Waals surface area contributed by atoms with Crippen molar-refractivity contribution in [3.8, 4) is 10.6 Å². The fourth-order valence-electron chi connectivity index (χ4n) is 3.72. The van der Waals surface area contributed by atoms with Gasteiger partial charge in [-0.2, -0.15) is 5.10 Å². The predicted molar refractivity (Wildman–Crippen MR) is 116 cm³/mol. The van der Waals surface area contributed by atoms with Crippen LogP contribution in [0.1, 0.15) is 35.7 Å². The molecule has 152 valence electrons. The molecule has 1 amide bonds. The Bertz CT molecular complexity index is 1210. The van der Waals surface area contributed by atoms with Crippen LogP contribution in [0, 0.1) is 5.82 Å². The van der Waals surface area contributed by atoms with E-state index in [-0.39, 0.29) is 24.3 Å². The van der Waals surface area contributed by atoms with E-state index in [9.17, 15) is 9.18 Å². The Kier molecular flexibility index (Phi) is 4.83. The highest BCUT2D eigenvalue weighted by Crippen LogP contribution is 2.33. The highest BCUT2D eigenvalue weighted by Gasteiger charge is 2.34. The lowest BCUT2D eigenvalue weighted by Crippen LogP contribution is -2.33. The summed E-state index contributed by atoms with van der Waals surface area (Å²) in [5.41, 5.74) is 2.57. The monoisotopic (exact) mass is 420 g/mol. The second kappa shape index (κ2) is 7.65. The van der Waals surface area contributed by atoms with Gasteiger partial charge in [0.2, 0.25) is 0 Å². The standard InChI is InChI=1S/C23H21FN4OS/c1-2-28-22-18(13-25-28)17(12-20(26-22)21-8-5-11-30-21)23(29)27(16-9-10-16)14-15-6-3-4-7-19(15)24/h3-8,11-13,16H,2,9-10,14H2,1H3. The van der Waals surface area contributed by atoms with Gasteiger partial charge in [-0.1, -0.05) is 24.3 Å². The number of benzene rings is 1. The quantitative estimate of drug-likeness (QED) is 0.435. The molecule has 1 aliphatic rings. The molecule has 0 atom stereocenters. The van der Waals surface area contributed by atoms with Gasteiger partial charge in [-0.25, -0.2) is 14.1 Å². The van der Waals surface area contributed by atoms with Gasteiger partial charge in [-0.05, 0) is 43.3 Å². The number of pyridine rings is 1. The number of thiophene rings is 1. The van der Waals surface area contributed by atoms with Gasteiger partial charge in [-0.15, -0.1) is 11.3 Å². The number of hydrogen-bond donors (Lipinski definition) is 0. The molecule has 3 heterocycles. The zero-order valence-corrected chi connectivity index (χ0v) is 17.4. The Morgan fingerprint density at radius 1 is 1.27 bits per heavy atom. The van der Waals surface area contributed by atoms with Crippen LogP contribution in [0.4, 0.5) is 4.39 Å². The molecule has 5 rings (SSSR count). The van der Waals surface area contributed by atoms with Crippen LogP contribution < -0.4 is 0 Å². The minimum Gasteiger partial charge on any atom is -0.331 e. The first-order valence-electron chi connectivity index (χ1n) is 10.1. The average Bonchev–Trinajstić information content (AvgIpc) is 3.28. The number of rotatable bonds is 6. The van der Waals surface area contributed by atoms with E-state index in [1.807, 2.05) is 35.2 Å². The van der Waals surface area contributed by atoms with E-state index >= 15 is 0 Å². The number of hydrogen-bond acceptors (Lipinski definition) is 4. The van der Waals surface area contributed by atoms with Crippen LogP contribution in [0.25, 0.3) is 21.6 Å². The van der Waals surface area contributed by atoms with E-state index in [0.29, 0.717) is 23.3 Å². The molecular weight excluding hydrogens is 399 g/mol. The van der Waals surface area contributed by atoms with Crippen molar-refractivity contribution in [2.75, 3.05) is 0 Å². The number of aryl methyl sites for hydroxylation is 1. The minimum absolute atomic E-state index is 0.0957. The summed E-state index contributed by atoms with van der Waals surface area (Å²) >= 11 is 1.59. The van der Waals surface area contributed by atoms with Crippen molar-refractivity contribution in [2.45, 2.75) is 38.9 Å². The lowest BCUT2D eigenvalue weighted by molar-refractivity contribution is 0.0730. The molecule has 7 heteroatoms. The predicted octanol–water partition coefficient (Wildman–Crippen LogP) is 5.12. The summed E-state index contributed by atoms with van der Waals surface area (Å²) in [6.45, 7) is 2.93. The Hall–Kier alpha value is -3.06. The lowest BCUT2D eigenvalue weighted by atomic mass is 10.1. The summed E-state index contributed by atoms with van der Waals surface area (Å²) in [4.78, 5) is 21.3. The van der Waals surface area contributed by atoms with Crippen molar-refractivity contribution in [1.29, 1.82) is 0 Å². The maximum Gasteiger partial charge on any atom is 0.255 e. The van der Waals surface area contributed by atoms with Gasteiger partial charge in [0.05, 0.1) is 27.7 Å². The summed E-state index contributed by atoms with van der Waals surface area (Å²) in [5, 5.41) is 7.16. The number of amides is 1. The Labute approximate surface area is 177 Å². The molecule has 3 aromatic heterocycles. The van der Waals surface area contributed by atoms with Crippen molar-refractivity contribution in [3.05, 3.63) is 71.0 Å². The highest BCUT2D eigenvalue weighted by molar-refractivity contribution is 7.13. The van der Waals surface area contributed by atoms with E-state index in [0.717, 1.165) is 28.8 Å². The molecule has 4 aromatic rings. The third-order valence-corrected chi connectivity index (χ3v) is 6.35. The maximum atomic E-state index is 14.3. The van der Waals surface area contributed by atoms with Gasteiger partial charge < -0.3 is 4.90 Å². The molecule has 1 aliphatic carbocycles. The number of nitrogens with zero attached hydrogens (tertiary/aromatic N) is 4. The molecule has 30 heavy (non-hydrogen) atoms. The van der Waals surface area contributed by atoms with Gasteiger partial charge in [0.1, 0.15) is 5.82 Å². The SMILES string of the molecule is CCn1ncc2c(C(=O)N(Cc3ccccc3F)C3CC3)cc(-c3cccs3)nc21. The number of halogens is 1. The fourth-order valence-corrected chi connectivity index (χ4v) is 4.41. The summed E-state index contributed by atoms with van der Waals surface area (Å²) in [7, 11) is 0. The van der Waals surface area contributed by atoms with Crippen LogP contribution in [-0.2, 0) is 13.1 Å². The Morgan fingerprint density at radius 3 is 2.80 bits per heavy atom. The summed E-state index contributed by atoms with van der Waals surface area (Å²) in [6.07, 6.45) is 3.60. The van der Waals surface area contributed by atoms with Crippen LogP contribution in [0.15, 0.2) is 54.0 Å². The van der Waals surface area contributed by atoms with Gasteiger partial charge in [0, 0.05) is 24.7 Å². The Morgan fingerprint density at radius 2 is 2.10 bits per heavy atom. The maximum absolute atomic E-state index is 14.3. The molecule has 1 aromatic carbocycles. The first-order chi connectivity index (χ1) is 14.7. The first-order valence-corrected chi connectivity index (χ1v) is 11.0. The van der Waals surface area contributed by atoms with Crippen molar-refractivity contribution >= 4 is 28.3 Å². The lowest BCUT2D eigenvalue weighted by Gasteiger charge is -2.23. The number of aromatic nitrogens is 3. The zero-order valence-electron chi connectivity index (χ0n) is 16.6. The summed E-state index contributed by atoms with van der Waals surface area (Å²) < 4.78 is 16.1. The molecule has 0 saturated heterocycles. The van der Waals surface area contributed by atoms with E-state index in [1.165, 1.54) is 6.07 Å². The third-order valence-electron chi connectivity index (χ3n) is 5.46. The van der Waals surface area contributed by atoms with Crippen molar-refractivity contribution in [1.82, 2.24) is 19.7 Å². The molecular formula is C23H21FN4OS. The van der Waals surface area contributed by atoms with Crippen molar-refractivity contribution in [3.63, 3.8) is 0 Å². The number of carbonyl (C=O) groups excluding carboxylic acids is 1. The van der Waals surface area contributed by atoms with Crippen LogP contribution in [0.3, 0.4) is 0 Å². The zero-order chi connectivity index (χ0) is 20.7. The molecule has 0 spiro atoms. The van der Waals surface area contributed by atoms with Crippen molar-refractivity contribution in [2.24, 2.45) is 0 Å². The average molecular weight is 421 g/mol. The molecule has 5 nitrogen and oxygen atoms in total. The smallest absolute Gasteiger partial charge is 0.255 e. The Balaban J connectivity index is 1.60. The van der Waals surface area contributed by atoms with Crippen LogP contribution in [-0.4, -0.2) is 31.6 Å². The van der Waals surface area contributed by atoms with Gasteiger partial charge in [-0.3, -0.25) is 4.79 Å².